The van der Waals surface area contributed by atoms with E-state index in [0.29, 0.717) is 0 Å². The minimum atomic E-state index is -1.36. The van der Waals surface area contributed by atoms with Crippen LogP contribution in [0.5, 0.6) is 5.75 Å². The van der Waals surface area contributed by atoms with Gasteiger partial charge in [0.2, 0.25) is 0 Å². The summed E-state index contributed by atoms with van der Waals surface area (Å²) in [5, 5.41) is 31.0. The van der Waals surface area contributed by atoms with Crippen molar-refractivity contribution in [2.75, 3.05) is 7.11 Å². The zero-order chi connectivity index (χ0) is 15.7. The molecule has 1 N–H and O–H groups in total. The van der Waals surface area contributed by atoms with E-state index in [1.54, 1.807) is 0 Å². The molecule has 9 heteroatoms. The number of nitrogens with zero attached hydrogens (tertiary/aromatic N) is 2. The molecule has 0 saturated heterocycles. The summed E-state index contributed by atoms with van der Waals surface area (Å²) in [6.45, 7) is 0. The van der Waals surface area contributed by atoms with Crippen molar-refractivity contribution >= 4 is 28.1 Å². The fraction of sp³-hybridized carbons (Fsp3) is 0.0833. The number of non-ortho nitro benzene ring substituents is 1. The van der Waals surface area contributed by atoms with Crippen LogP contribution in [0.25, 0.3) is 10.8 Å². The van der Waals surface area contributed by atoms with E-state index in [1.807, 2.05) is 0 Å². The number of rotatable bonds is 4. The van der Waals surface area contributed by atoms with Crippen LogP contribution in [0.15, 0.2) is 24.3 Å². The molecule has 0 heterocycles. The van der Waals surface area contributed by atoms with E-state index < -0.39 is 27.2 Å². The monoisotopic (exact) mass is 292 g/mol. The second-order valence-corrected chi connectivity index (χ2v) is 4.03. The molecule has 0 atom stereocenters. The number of hydrogen-bond donors (Lipinski definition) is 1. The predicted molar refractivity (Wildman–Crippen MR) is 70.8 cm³/mol. The van der Waals surface area contributed by atoms with Crippen molar-refractivity contribution < 1.29 is 24.5 Å². The molecule has 0 aromatic heterocycles. The molecular weight excluding hydrogens is 284 g/mol. The molecule has 0 bridgehead atoms. The van der Waals surface area contributed by atoms with Gasteiger partial charge in [0.1, 0.15) is 5.39 Å². The molecule has 9 nitrogen and oxygen atoms in total. The number of benzene rings is 2. The predicted octanol–water partition coefficient (Wildman–Crippen LogP) is 2.36. The maximum Gasteiger partial charge on any atom is 0.335 e. The lowest BCUT2D eigenvalue weighted by Gasteiger charge is -2.06. The summed E-state index contributed by atoms with van der Waals surface area (Å²) in [6.07, 6.45) is 0. The van der Waals surface area contributed by atoms with Crippen molar-refractivity contribution in [1.29, 1.82) is 0 Å². The van der Waals surface area contributed by atoms with E-state index >= 15 is 0 Å². The highest BCUT2D eigenvalue weighted by molar-refractivity contribution is 6.04. The van der Waals surface area contributed by atoms with E-state index in [-0.39, 0.29) is 22.1 Å². The summed E-state index contributed by atoms with van der Waals surface area (Å²) in [4.78, 5) is 31.6. The molecule has 0 aliphatic rings. The van der Waals surface area contributed by atoms with E-state index in [4.69, 9.17) is 9.84 Å². The van der Waals surface area contributed by atoms with Gasteiger partial charge in [0.05, 0.1) is 22.5 Å². The molecule has 2 aromatic carbocycles. The van der Waals surface area contributed by atoms with Crippen LogP contribution in [0, 0.1) is 20.2 Å². The zero-order valence-electron chi connectivity index (χ0n) is 10.6. The van der Waals surface area contributed by atoms with Gasteiger partial charge in [-0.05, 0) is 23.6 Å². The maximum absolute atomic E-state index is 11.2. The van der Waals surface area contributed by atoms with Crippen LogP contribution in [0.4, 0.5) is 11.4 Å². The van der Waals surface area contributed by atoms with Crippen LogP contribution >= 0.6 is 0 Å². The number of carbonyl (C=O) groups is 1. The Bertz CT molecular complexity index is 785. The molecule has 0 amide bonds. The largest absolute Gasteiger partial charge is 0.490 e. The minimum absolute atomic E-state index is 0.0779. The topological polar surface area (TPSA) is 133 Å². The first-order valence-corrected chi connectivity index (χ1v) is 5.53. The number of aromatic carboxylic acids is 1. The second kappa shape index (κ2) is 5.04. The van der Waals surface area contributed by atoms with Crippen molar-refractivity contribution in [3.05, 3.63) is 50.1 Å². The number of nitro groups is 2. The second-order valence-electron chi connectivity index (χ2n) is 4.03. The van der Waals surface area contributed by atoms with E-state index in [2.05, 4.69) is 0 Å². The van der Waals surface area contributed by atoms with Gasteiger partial charge >= 0.3 is 11.7 Å². The Kier molecular flexibility index (Phi) is 3.40. The Balaban J connectivity index is 3.01. The first-order valence-electron chi connectivity index (χ1n) is 5.53. The van der Waals surface area contributed by atoms with Crippen molar-refractivity contribution in [2.45, 2.75) is 0 Å². The van der Waals surface area contributed by atoms with Gasteiger partial charge in [0, 0.05) is 6.07 Å². The lowest BCUT2D eigenvalue weighted by molar-refractivity contribution is -0.390. The lowest BCUT2D eigenvalue weighted by Crippen LogP contribution is -2.02. The first kappa shape index (κ1) is 14.2. The molecule has 2 rings (SSSR count). The highest BCUT2D eigenvalue weighted by atomic mass is 16.6. The van der Waals surface area contributed by atoms with Gasteiger partial charge in [-0.25, -0.2) is 4.79 Å². The SMILES string of the molecule is COc1ccc2cc(C(=O)O)cc([N+](=O)[O-])c2c1[N+](=O)[O-]. The molecule has 0 unspecified atom stereocenters. The third-order valence-corrected chi connectivity index (χ3v) is 2.88. The van der Waals surface area contributed by atoms with Crippen molar-refractivity contribution in [3.8, 4) is 5.75 Å². The summed E-state index contributed by atoms with van der Waals surface area (Å²) in [5.41, 5.74) is -1.55. The normalized spacial score (nSPS) is 10.3. The molecule has 2 aromatic rings. The average molecular weight is 292 g/mol. The number of fused-ring (bicyclic) bond motifs is 1. The Morgan fingerprint density at radius 3 is 2.33 bits per heavy atom. The van der Waals surface area contributed by atoms with Gasteiger partial charge in [-0.3, -0.25) is 20.2 Å². The van der Waals surface area contributed by atoms with Crippen LogP contribution in [0.3, 0.4) is 0 Å². The molecule has 0 spiro atoms. The van der Waals surface area contributed by atoms with Crippen molar-refractivity contribution in [3.63, 3.8) is 0 Å². The molecule has 0 radical (unpaired) electrons. The summed E-state index contributed by atoms with van der Waals surface area (Å²) >= 11 is 0. The molecule has 0 saturated carbocycles. The number of methoxy groups -OCH3 is 1. The first-order chi connectivity index (χ1) is 9.86. The molecule has 21 heavy (non-hydrogen) atoms. The molecule has 0 aliphatic carbocycles. The Morgan fingerprint density at radius 2 is 1.86 bits per heavy atom. The van der Waals surface area contributed by atoms with Gasteiger partial charge in [-0.15, -0.1) is 0 Å². The zero-order valence-corrected chi connectivity index (χ0v) is 10.6. The third-order valence-electron chi connectivity index (χ3n) is 2.88. The van der Waals surface area contributed by atoms with Crippen LogP contribution in [0.2, 0.25) is 0 Å². The van der Waals surface area contributed by atoms with Crippen molar-refractivity contribution in [2.24, 2.45) is 0 Å². The number of hydrogen-bond acceptors (Lipinski definition) is 6. The highest BCUT2D eigenvalue weighted by Gasteiger charge is 2.28. The number of carboxylic acid groups (broad SMARTS) is 1. The van der Waals surface area contributed by atoms with E-state index in [9.17, 15) is 25.0 Å². The third kappa shape index (κ3) is 2.31. The summed E-state index contributed by atoms with van der Waals surface area (Å²) in [7, 11) is 1.20. The van der Waals surface area contributed by atoms with Crippen molar-refractivity contribution in [1.82, 2.24) is 0 Å². The van der Waals surface area contributed by atoms with E-state index in [0.717, 1.165) is 12.1 Å². The van der Waals surface area contributed by atoms with Gasteiger partial charge in [-0.1, -0.05) is 0 Å². The van der Waals surface area contributed by atoms with Crippen LogP contribution in [-0.2, 0) is 0 Å². The quantitative estimate of drug-likeness (QED) is 0.675. The molecule has 108 valence electrons. The number of nitro benzene ring substituents is 2. The lowest BCUT2D eigenvalue weighted by atomic mass is 10.0. The Labute approximate surface area is 116 Å². The van der Waals surface area contributed by atoms with Gasteiger partial charge in [0.15, 0.2) is 5.75 Å². The molecule has 0 aliphatic heterocycles. The Morgan fingerprint density at radius 1 is 1.19 bits per heavy atom. The summed E-state index contributed by atoms with van der Waals surface area (Å²) in [5.74, 6) is -1.50. The average Bonchev–Trinajstić information content (AvgIpc) is 2.43. The molecule has 0 fully saturated rings. The van der Waals surface area contributed by atoms with E-state index in [1.165, 1.54) is 19.2 Å². The maximum atomic E-state index is 11.2. The fourth-order valence-corrected chi connectivity index (χ4v) is 2.02. The van der Waals surface area contributed by atoms with Crippen LogP contribution in [0.1, 0.15) is 10.4 Å². The summed E-state index contributed by atoms with van der Waals surface area (Å²) in [6, 6.07) is 4.52. The van der Waals surface area contributed by atoms with Crippen LogP contribution in [-0.4, -0.2) is 28.0 Å². The highest BCUT2D eigenvalue weighted by Crippen LogP contribution is 2.40. The smallest absolute Gasteiger partial charge is 0.335 e. The van der Waals surface area contributed by atoms with Gasteiger partial charge < -0.3 is 9.84 Å². The molecular formula is C12H8N2O7. The standard InChI is InChI=1S/C12H8N2O7/c1-21-9-3-2-6-4-7(12(15)16)5-8(13(17)18)10(6)11(9)14(19)20/h2-5H,1H3,(H,15,16). The van der Waals surface area contributed by atoms with Gasteiger partial charge in [-0.2, -0.15) is 0 Å². The Hall–Kier alpha value is -3.23. The van der Waals surface area contributed by atoms with Crippen LogP contribution < -0.4 is 4.74 Å². The number of carboxylic acids is 1. The number of ether oxygens (including phenoxy) is 1. The van der Waals surface area contributed by atoms with Gasteiger partial charge in [0.25, 0.3) is 5.69 Å². The fourth-order valence-electron chi connectivity index (χ4n) is 2.02. The summed E-state index contributed by atoms with van der Waals surface area (Å²) < 4.78 is 4.85. The minimum Gasteiger partial charge on any atom is -0.490 e.